The number of halogens is 2. The number of nitrogens with one attached hydrogen (secondary N) is 1. The molecule has 0 unspecified atom stereocenters. The predicted molar refractivity (Wildman–Crippen MR) is 76.7 cm³/mol. The van der Waals surface area contributed by atoms with Gasteiger partial charge in [-0.2, -0.15) is 5.26 Å². The van der Waals surface area contributed by atoms with Gasteiger partial charge < -0.3 is 10.4 Å². The molecule has 1 aromatic carbocycles. The number of hydrogen-bond donors (Lipinski definition) is 2. The number of carbonyl (C=O) groups excluding carboxylic acids is 2. The third-order valence-electron chi connectivity index (χ3n) is 2.81. The highest BCUT2D eigenvalue weighted by Crippen LogP contribution is 2.32. The second-order valence-corrected chi connectivity index (χ2v) is 4.88. The number of hydrogen-bond acceptors (Lipinski definition) is 5. The Bertz CT molecular complexity index is 695. The van der Waals surface area contributed by atoms with Crippen molar-refractivity contribution in [2.24, 2.45) is 0 Å². The van der Waals surface area contributed by atoms with Gasteiger partial charge in [0.2, 0.25) is 0 Å². The number of aliphatic hydroxyl groups excluding tert-OH is 1. The van der Waals surface area contributed by atoms with E-state index in [2.05, 4.69) is 5.32 Å². The second kappa shape index (κ2) is 6.14. The molecular formula is C13H9Cl2N3O3. The quantitative estimate of drug-likeness (QED) is 0.818. The summed E-state index contributed by atoms with van der Waals surface area (Å²) >= 11 is 11.7. The minimum absolute atomic E-state index is 0.00309. The maximum absolute atomic E-state index is 12.0. The SMILES string of the molecule is N#Cc1c(NC2=CC(=O)N(CCO)C2=O)ccc(Cl)c1Cl. The van der Waals surface area contributed by atoms with Crippen molar-refractivity contribution in [2.45, 2.75) is 0 Å². The highest BCUT2D eigenvalue weighted by Gasteiger charge is 2.31. The fraction of sp³-hybridized carbons (Fsp3) is 0.154. The van der Waals surface area contributed by atoms with Crippen molar-refractivity contribution < 1.29 is 14.7 Å². The van der Waals surface area contributed by atoms with Crippen LogP contribution in [0.1, 0.15) is 5.56 Å². The average molecular weight is 326 g/mol. The summed E-state index contributed by atoms with van der Waals surface area (Å²) < 4.78 is 0. The number of anilines is 1. The summed E-state index contributed by atoms with van der Waals surface area (Å²) in [5, 5.41) is 20.9. The summed E-state index contributed by atoms with van der Waals surface area (Å²) in [6.45, 7) is -0.416. The van der Waals surface area contributed by atoms with Crippen molar-refractivity contribution in [1.82, 2.24) is 4.90 Å². The zero-order chi connectivity index (χ0) is 15.6. The summed E-state index contributed by atoms with van der Waals surface area (Å²) in [6.07, 6.45) is 1.10. The zero-order valence-electron chi connectivity index (χ0n) is 10.6. The van der Waals surface area contributed by atoms with E-state index < -0.39 is 11.8 Å². The molecule has 0 atom stereocenters. The van der Waals surface area contributed by atoms with Crippen LogP contribution >= 0.6 is 23.2 Å². The van der Waals surface area contributed by atoms with Gasteiger partial charge in [-0.3, -0.25) is 14.5 Å². The largest absolute Gasteiger partial charge is 0.395 e. The molecule has 0 saturated heterocycles. The Labute approximate surface area is 130 Å². The van der Waals surface area contributed by atoms with Crippen LogP contribution in [0.3, 0.4) is 0 Å². The summed E-state index contributed by atoms with van der Waals surface area (Å²) in [5.74, 6) is -1.11. The number of rotatable bonds is 4. The first-order valence-corrected chi connectivity index (χ1v) is 6.58. The minimum atomic E-state index is -0.580. The van der Waals surface area contributed by atoms with Gasteiger partial charge in [-0.1, -0.05) is 23.2 Å². The first-order valence-electron chi connectivity index (χ1n) is 5.83. The van der Waals surface area contributed by atoms with Gasteiger partial charge >= 0.3 is 0 Å². The third-order valence-corrected chi connectivity index (χ3v) is 3.61. The van der Waals surface area contributed by atoms with Gasteiger partial charge in [0.1, 0.15) is 11.8 Å². The van der Waals surface area contributed by atoms with E-state index in [0.29, 0.717) is 0 Å². The zero-order valence-corrected chi connectivity index (χ0v) is 12.1. The first kappa shape index (κ1) is 15.3. The molecule has 0 saturated carbocycles. The molecule has 1 aromatic rings. The first-order chi connectivity index (χ1) is 9.99. The minimum Gasteiger partial charge on any atom is -0.395 e. The van der Waals surface area contributed by atoms with Crippen molar-refractivity contribution in [2.75, 3.05) is 18.5 Å². The molecule has 0 bridgehead atoms. The van der Waals surface area contributed by atoms with Crippen LogP contribution in [-0.2, 0) is 9.59 Å². The van der Waals surface area contributed by atoms with Gasteiger partial charge in [-0.25, -0.2) is 0 Å². The Hall–Kier alpha value is -2.07. The van der Waals surface area contributed by atoms with Gasteiger partial charge in [0.25, 0.3) is 11.8 Å². The van der Waals surface area contributed by atoms with Crippen molar-refractivity contribution in [3.8, 4) is 6.07 Å². The summed E-state index contributed by atoms with van der Waals surface area (Å²) in [7, 11) is 0. The Kier molecular flexibility index (Phi) is 4.48. The fourth-order valence-electron chi connectivity index (χ4n) is 1.82. The lowest BCUT2D eigenvalue weighted by Crippen LogP contribution is -2.34. The van der Waals surface area contributed by atoms with Crippen LogP contribution in [0.25, 0.3) is 0 Å². The molecule has 1 heterocycles. The van der Waals surface area contributed by atoms with Gasteiger partial charge in [-0.05, 0) is 12.1 Å². The van der Waals surface area contributed by atoms with E-state index in [1.54, 1.807) is 0 Å². The van der Waals surface area contributed by atoms with Crippen LogP contribution in [0.5, 0.6) is 0 Å². The number of amides is 2. The Morgan fingerprint density at radius 1 is 1.33 bits per heavy atom. The van der Waals surface area contributed by atoms with Crippen LogP contribution < -0.4 is 5.32 Å². The van der Waals surface area contributed by atoms with Gasteiger partial charge in [0, 0.05) is 6.08 Å². The molecule has 2 rings (SSSR count). The average Bonchev–Trinajstić information content (AvgIpc) is 2.71. The number of nitriles is 1. The van der Waals surface area contributed by atoms with Crippen molar-refractivity contribution >= 4 is 40.7 Å². The van der Waals surface area contributed by atoms with Crippen LogP contribution in [0, 0.1) is 11.3 Å². The van der Waals surface area contributed by atoms with E-state index in [-0.39, 0.29) is 40.1 Å². The van der Waals surface area contributed by atoms with Gasteiger partial charge in [0.05, 0.1) is 34.4 Å². The van der Waals surface area contributed by atoms with Gasteiger partial charge in [-0.15, -0.1) is 0 Å². The van der Waals surface area contributed by atoms with Crippen LogP contribution in [0.15, 0.2) is 23.9 Å². The number of aliphatic hydroxyl groups is 1. The van der Waals surface area contributed by atoms with E-state index >= 15 is 0 Å². The number of benzene rings is 1. The van der Waals surface area contributed by atoms with Crippen molar-refractivity contribution in [3.05, 3.63) is 39.5 Å². The van der Waals surface area contributed by atoms with Crippen molar-refractivity contribution in [3.63, 3.8) is 0 Å². The molecule has 108 valence electrons. The number of β-amino-alcohol motifs (C(OH)–C–C–N with tert-alkyl or cyclic N) is 1. The van der Waals surface area contributed by atoms with E-state index in [1.165, 1.54) is 12.1 Å². The van der Waals surface area contributed by atoms with Gasteiger partial charge in [0.15, 0.2) is 0 Å². The monoisotopic (exact) mass is 325 g/mol. The fourth-order valence-corrected chi connectivity index (χ4v) is 2.18. The number of nitrogens with zero attached hydrogens (tertiary/aromatic N) is 2. The smallest absolute Gasteiger partial charge is 0.277 e. The third kappa shape index (κ3) is 2.85. The Balaban J connectivity index is 2.31. The van der Waals surface area contributed by atoms with E-state index in [9.17, 15) is 9.59 Å². The van der Waals surface area contributed by atoms with E-state index in [1.807, 2.05) is 6.07 Å². The highest BCUT2D eigenvalue weighted by atomic mass is 35.5. The molecular weight excluding hydrogens is 317 g/mol. The topological polar surface area (TPSA) is 93.4 Å². The van der Waals surface area contributed by atoms with Crippen molar-refractivity contribution in [1.29, 1.82) is 5.26 Å². The lowest BCUT2D eigenvalue weighted by molar-refractivity contribution is -0.137. The molecule has 2 amide bonds. The molecule has 6 nitrogen and oxygen atoms in total. The lowest BCUT2D eigenvalue weighted by atomic mass is 10.2. The van der Waals surface area contributed by atoms with Crippen LogP contribution in [0.4, 0.5) is 5.69 Å². The maximum Gasteiger partial charge on any atom is 0.277 e. The molecule has 21 heavy (non-hydrogen) atoms. The number of imide groups is 1. The normalized spacial score (nSPS) is 14.2. The molecule has 1 aliphatic heterocycles. The predicted octanol–water partition coefficient (Wildman–Crippen LogP) is 1.52. The lowest BCUT2D eigenvalue weighted by Gasteiger charge is -2.14. The van der Waals surface area contributed by atoms with Crippen LogP contribution in [-0.4, -0.2) is 35.0 Å². The Morgan fingerprint density at radius 2 is 2.05 bits per heavy atom. The molecule has 0 aliphatic carbocycles. The second-order valence-electron chi connectivity index (χ2n) is 4.10. The summed E-state index contributed by atoms with van der Waals surface area (Å²) in [6, 6.07) is 4.84. The molecule has 2 N–H and O–H groups in total. The van der Waals surface area contributed by atoms with E-state index in [0.717, 1.165) is 11.0 Å². The molecule has 0 fully saturated rings. The Morgan fingerprint density at radius 3 is 2.67 bits per heavy atom. The summed E-state index contributed by atoms with van der Waals surface area (Å²) in [5.41, 5.74) is 0.347. The molecule has 0 spiro atoms. The summed E-state index contributed by atoms with van der Waals surface area (Å²) in [4.78, 5) is 24.5. The number of carbonyl (C=O) groups is 2. The van der Waals surface area contributed by atoms with E-state index in [4.69, 9.17) is 33.6 Å². The standard InChI is InChI=1S/C13H9Cl2N3O3/c14-8-1-2-9(7(6-16)12(8)15)17-10-5-11(20)18(3-4-19)13(10)21/h1-2,5,17,19H,3-4H2. The molecule has 8 heteroatoms. The molecule has 1 aliphatic rings. The van der Waals surface area contributed by atoms with Crippen LogP contribution in [0.2, 0.25) is 10.0 Å². The highest BCUT2D eigenvalue weighted by molar-refractivity contribution is 6.43. The molecule has 0 aromatic heterocycles. The molecule has 0 radical (unpaired) electrons. The maximum atomic E-state index is 12.0.